The summed E-state index contributed by atoms with van der Waals surface area (Å²) in [6.07, 6.45) is 5.10. The second kappa shape index (κ2) is 10.0. The van der Waals surface area contributed by atoms with Gasteiger partial charge in [0.25, 0.3) is 0 Å². The number of aryl methyl sites for hydroxylation is 1. The molecule has 1 aromatic rings. The second-order valence-corrected chi connectivity index (χ2v) is 8.29. The van der Waals surface area contributed by atoms with E-state index in [1.165, 1.54) is 25.7 Å². The van der Waals surface area contributed by atoms with Gasteiger partial charge in [-0.25, -0.2) is 4.99 Å². The molecule has 0 bridgehead atoms. The minimum absolute atomic E-state index is 0. The number of hydrogen-bond donors (Lipinski definition) is 2. The summed E-state index contributed by atoms with van der Waals surface area (Å²) in [6.45, 7) is 11.6. The Kier molecular flexibility index (Phi) is 8.33. The van der Waals surface area contributed by atoms with Gasteiger partial charge in [-0.15, -0.1) is 34.2 Å². The predicted octanol–water partition coefficient (Wildman–Crippen LogP) is 2.45. The third-order valence-corrected chi connectivity index (χ3v) is 5.95. The van der Waals surface area contributed by atoms with Crippen molar-refractivity contribution in [2.75, 3.05) is 13.1 Å². The molecule has 2 N–H and O–H groups in total. The maximum absolute atomic E-state index is 4.85. The van der Waals surface area contributed by atoms with Crippen molar-refractivity contribution in [3.8, 4) is 0 Å². The highest BCUT2D eigenvalue weighted by atomic mass is 127. The lowest BCUT2D eigenvalue weighted by Gasteiger charge is -2.24. The Balaban J connectivity index is 0.00000261. The van der Waals surface area contributed by atoms with Crippen molar-refractivity contribution in [2.24, 2.45) is 18.0 Å². The van der Waals surface area contributed by atoms with Crippen molar-refractivity contribution in [1.29, 1.82) is 0 Å². The molecule has 1 aromatic heterocycles. The van der Waals surface area contributed by atoms with Crippen LogP contribution in [0.25, 0.3) is 0 Å². The third kappa shape index (κ3) is 5.79. The van der Waals surface area contributed by atoms with Crippen molar-refractivity contribution >= 4 is 29.9 Å². The van der Waals surface area contributed by atoms with Crippen molar-refractivity contribution in [2.45, 2.75) is 78.0 Å². The number of hydrogen-bond acceptors (Lipinski definition) is 4. The lowest BCUT2D eigenvalue weighted by atomic mass is 10.1. The van der Waals surface area contributed by atoms with E-state index in [9.17, 15) is 0 Å². The van der Waals surface area contributed by atoms with Gasteiger partial charge in [0.15, 0.2) is 11.8 Å². The van der Waals surface area contributed by atoms with Gasteiger partial charge in [-0.1, -0.05) is 19.8 Å². The molecule has 2 unspecified atom stereocenters. The van der Waals surface area contributed by atoms with E-state index in [1.54, 1.807) is 0 Å². The van der Waals surface area contributed by atoms with E-state index in [0.29, 0.717) is 30.6 Å². The van der Waals surface area contributed by atoms with Crippen molar-refractivity contribution < 1.29 is 0 Å². The van der Waals surface area contributed by atoms with Crippen LogP contribution in [-0.2, 0) is 13.6 Å². The molecule has 7 nitrogen and oxygen atoms in total. The zero-order valence-corrected chi connectivity index (χ0v) is 19.7. The van der Waals surface area contributed by atoms with Crippen LogP contribution in [0.3, 0.4) is 0 Å². The predicted molar refractivity (Wildman–Crippen MR) is 120 cm³/mol. The van der Waals surface area contributed by atoms with Crippen LogP contribution in [0, 0.1) is 12.8 Å². The number of guanidine groups is 1. The van der Waals surface area contributed by atoms with Crippen LogP contribution in [0.1, 0.15) is 58.1 Å². The van der Waals surface area contributed by atoms with Gasteiger partial charge in [-0.3, -0.25) is 4.90 Å². The minimum Gasteiger partial charge on any atom is -0.354 e. The Morgan fingerprint density at radius 1 is 1.19 bits per heavy atom. The molecule has 8 heteroatoms. The largest absolute Gasteiger partial charge is 0.354 e. The number of nitrogens with one attached hydrogen (secondary N) is 2. The second-order valence-electron chi connectivity index (χ2n) is 8.29. The average Bonchev–Trinajstić information content (AvgIpc) is 3.30. The minimum atomic E-state index is 0. The van der Waals surface area contributed by atoms with E-state index in [1.807, 2.05) is 18.5 Å². The first-order valence-corrected chi connectivity index (χ1v) is 10.1. The normalized spacial score (nSPS) is 24.4. The summed E-state index contributed by atoms with van der Waals surface area (Å²) in [7, 11) is 2.00. The highest BCUT2D eigenvalue weighted by Gasteiger charge is 2.31. The molecule has 0 amide bonds. The maximum atomic E-state index is 4.85. The standard InChI is InChI=1S/C19H35N7.HI/c1-13(2)26-11-14(3)17(12-26)22-19(21-16-8-6-7-9-16)20-10-18-24-23-15(4)25(18)5;/h13-14,16-17H,6-12H2,1-5H3,(H2,20,21,22);1H. The van der Waals surface area contributed by atoms with Gasteiger partial charge >= 0.3 is 0 Å². The molecular formula is C19H36IN7. The SMILES string of the molecule is Cc1nnc(CN=C(NC2CCCC2)NC2CN(C(C)C)CC2C)n1C.I. The molecule has 2 aliphatic rings. The van der Waals surface area contributed by atoms with Crippen molar-refractivity contribution in [3.63, 3.8) is 0 Å². The van der Waals surface area contributed by atoms with Crippen LogP contribution in [0.2, 0.25) is 0 Å². The van der Waals surface area contributed by atoms with E-state index in [4.69, 9.17) is 4.99 Å². The molecule has 1 saturated carbocycles. The Hall–Kier alpha value is -0.900. The van der Waals surface area contributed by atoms with Crippen molar-refractivity contribution in [3.05, 3.63) is 11.6 Å². The number of halogens is 1. The van der Waals surface area contributed by atoms with Gasteiger partial charge in [-0.2, -0.15) is 0 Å². The number of aromatic nitrogens is 3. The van der Waals surface area contributed by atoms with Gasteiger partial charge in [0.1, 0.15) is 12.4 Å². The summed E-state index contributed by atoms with van der Waals surface area (Å²) >= 11 is 0. The van der Waals surface area contributed by atoms with Gasteiger partial charge in [0.2, 0.25) is 0 Å². The topological polar surface area (TPSA) is 70.4 Å². The fourth-order valence-electron chi connectivity index (χ4n) is 3.92. The monoisotopic (exact) mass is 489 g/mol. The Labute approximate surface area is 180 Å². The van der Waals surface area contributed by atoms with Crippen molar-refractivity contribution in [1.82, 2.24) is 30.3 Å². The smallest absolute Gasteiger partial charge is 0.192 e. The molecule has 0 radical (unpaired) electrons. The Morgan fingerprint density at radius 2 is 1.89 bits per heavy atom. The first-order valence-electron chi connectivity index (χ1n) is 10.1. The molecule has 154 valence electrons. The van der Waals surface area contributed by atoms with Crippen LogP contribution < -0.4 is 10.6 Å². The molecule has 0 aromatic carbocycles. The fourth-order valence-corrected chi connectivity index (χ4v) is 3.92. The summed E-state index contributed by atoms with van der Waals surface area (Å²) in [5.74, 6) is 3.37. The zero-order chi connectivity index (χ0) is 18.7. The van der Waals surface area contributed by atoms with E-state index in [2.05, 4.69) is 46.5 Å². The van der Waals surface area contributed by atoms with Gasteiger partial charge in [-0.05, 0) is 39.5 Å². The number of nitrogens with zero attached hydrogens (tertiary/aromatic N) is 5. The molecule has 1 aliphatic carbocycles. The van der Waals surface area contributed by atoms with Crippen LogP contribution in [0.4, 0.5) is 0 Å². The summed E-state index contributed by atoms with van der Waals surface area (Å²) in [5.41, 5.74) is 0. The first-order chi connectivity index (χ1) is 12.4. The summed E-state index contributed by atoms with van der Waals surface area (Å²) in [5, 5.41) is 15.8. The average molecular weight is 489 g/mol. The lowest BCUT2D eigenvalue weighted by molar-refractivity contribution is 0.265. The van der Waals surface area contributed by atoms with Gasteiger partial charge in [0, 0.05) is 38.3 Å². The van der Waals surface area contributed by atoms with E-state index < -0.39 is 0 Å². The van der Waals surface area contributed by atoms with Crippen LogP contribution in [0.5, 0.6) is 0 Å². The zero-order valence-electron chi connectivity index (χ0n) is 17.4. The lowest BCUT2D eigenvalue weighted by Crippen LogP contribution is -2.49. The number of rotatable bonds is 5. The Bertz CT molecular complexity index is 622. The van der Waals surface area contributed by atoms with E-state index in [0.717, 1.165) is 30.7 Å². The first kappa shape index (κ1) is 22.4. The molecule has 1 aliphatic heterocycles. The highest BCUT2D eigenvalue weighted by molar-refractivity contribution is 14.0. The summed E-state index contributed by atoms with van der Waals surface area (Å²) < 4.78 is 2.01. The summed E-state index contributed by atoms with van der Waals surface area (Å²) in [6, 6.07) is 1.57. The molecule has 27 heavy (non-hydrogen) atoms. The van der Waals surface area contributed by atoms with Gasteiger partial charge in [0.05, 0.1) is 0 Å². The molecule has 3 rings (SSSR count). The van der Waals surface area contributed by atoms with Crippen LogP contribution >= 0.6 is 24.0 Å². The van der Waals surface area contributed by atoms with E-state index in [-0.39, 0.29) is 24.0 Å². The Morgan fingerprint density at radius 3 is 2.44 bits per heavy atom. The van der Waals surface area contributed by atoms with Gasteiger partial charge < -0.3 is 15.2 Å². The van der Waals surface area contributed by atoms with Crippen LogP contribution in [-0.4, -0.2) is 56.8 Å². The van der Waals surface area contributed by atoms with E-state index >= 15 is 0 Å². The van der Waals surface area contributed by atoms with Crippen LogP contribution in [0.15, 0.2) is 4.99 Å². The number of likely N-dealkylation sites (tertiary alicyclic amines) is 1. The molecular weight excluding hydrogens is 453 g/mol. The third-order valence-electron chi connectivity index (χ3n) is 5.95. The maximum Gasteiger partial charge on any atom is 0.192 e. The molecule has 2 atom stereocenters. The summed E-state index contributed by atoms with van der Waals surface area (Å²) in [4.78, 5) is 7.40. The quantitative estimate of drug-likeness (QED) is 0.378. The highest BCUT2D eigenvalue weighted by Crippen LogP contribution is 2.20. The number of aliphatic imine (C=N–C) groups is 1. The molecule has 2 fully saturated rings. The molecule has 1 saturated heterocycles. The molecule has 2 heterocycles. The fraction of sp³-hybridized carbons (Fsp3) is 0.842. The molecule has 0 spiro atoms.